The lowest BCUT2D eigenvalue weighted by Crippen LogP contribution is -2.31. The van der Waals surface area contributed by atoms with E-state index in [1.807, 2.05) is 16.9 Å². The molecular weight excluding hydrogens is 536 g/mol. The quantitative estimate of drug-likeness (QED) is 0.164. The van der Waals surface area contributed by atoms with Crippen LogP contribution in [0.4, 0.5) is 11.4 Å². The molecule has 12 heteroatoms. The number of carbonyl (C=O) groups is 1. The Morgan fingerprint density at radius 3 is 2.60 bits per heavy atom. The van der Waals surface area contributed by atoms with E-state index in [2.05, 4.69) is 10.3 Å². The van der Waals surface area contributed by atoms with E-state index >= 15 is 0 Å². The van der Waals surface area contributed by atoms with Gasteiger partial charge in [0.05, 0.1) is 21.5 Å². The fraction of sp³-hybridized carbons (Fsp3) is 0.250. The number of aliphatic hydroxyl groups excluding tert-OH is 1. The summed E-state index contributed by atoms with van der Waals surface area (Å²) in [5.74, 6) is -0.0928. The number of aliphatic hydroxyl groups is 1. The summed E-state index contributed by atoms with van der Waals surface area (Å²) in [4.78, 5) is 26.8. The predicted octanol–water partition coefficient (Wildman–Crippen LogP) is 4.95. The number of para-hydroxylation sites is 1. The topological polar surface area (TPSA) is 164 Å². The summed E-state index contributed by atoms with van der Waals surface area (Å²) in [6, 6.07) is 16.8. The van der Waals surface area contributed by atoms with Gasteiger partial charge >= 0.3 is 0 Å². The second-order valence-corrected chi connectivity index (χ2v) is 11.4. The van der Waals surface area contributed by atoms with E-state index in [0.29, 0.717) is 25.1 Å². The minimum atomic E-state index is -4.45. The molecule has 40 heavy (non-hydrogen) atoms. The molecule has 3 aromatic carbocycles. The Morgan fingerprint density at radius 2 is 1.82 bits per heavy atom. The first-order chi connectivity index (χ1) is 19.2. The first-order valence-corrected chi connectivity index (χ1v) is 14.3. The highest BCUT2D eigenvalue weighted by atomic mass is 32.2. The number of amides is 1. The van der Waals surface area contributed by atoms with Gasteiger partial charge < -0.3 is 20.1 Å². The minimum Gasteiger partial charge on any atom is -0.457 e. The van der Waals surface area contributed by atoms with Crippen molar-refractivity contribution < 1.29 is 28.0 Å². The number of nitro benzene ring substituents is 1. The number of nitrogens with zero attached hydrogens (tertiary/aromatic N) is 1. The van der Waals surface area contributed by atoms with Gasteiger partial charge in [0.2, 0.25) is 0 Å². The molecular formula is C28H28N4O7S. The number of rotatable bonds is 9. The largest absolute Gasteiger partial charge is 0.457 e. The molecule has 11 nitrogen and oxygen atoms in total. The molecule has 1 saturated carbocycles. The second kappa shape index (κ2) is 11.4. The maximum Gasteiger partial charge on any atom is 0.293 e. The molecule has 5 rings (SSSR count). The molecule has 0 unspecified atom stereocenters. The Morgan fingerprint density at radius 1 is 1.05 bits per heavy atom. The average Bonchev–Trinajstić information content (AvgIpc) is 3.40. The van der Waals surface area contributed by atoms with E-state index in [1.165, 1.54) is 18.2 Å². The molecule has 0 aliphatic heterocycles. The van der Waals surface area contributed by atoms with Crippen LogP contribution >= 0.6 is 0 Å². The third-order valence-electron chi connectivity index (χ3n) is 6.98. The lowest BCUT2D eigenvalue weighted by atomic mass is 9.87. The van der Waals surface area contributed by atoms with Crippen molar-refractivity contribution in [2.24, 2.45) is 5.92 Å². The monoisotopic (exact) mass is 564 g/mol. The number of fused-ring (bicyclic) bond motifs is 1. The van der Waals surface area contributed by atoms with E-state index in [4.69, 9.17) is 4.74 Å². The number of nitro groups is 1. The maximum absolute atomic E-state index is 13.1. The summed E-state index contributed by atoms with van der Waals surface area (Å²) in [7, 11) is -4.45. The van der Waals surface area contributed by atoms with Crippen molar-refractivity contribution in [1.82, 2.24) is 9.71 Å². The van der Waals surface area contributed by atoms with Crippen LogP contribution in [0.5, 0.6) is 11.5 Å². The molecule has 0 saturated heterocycles. The van der Waals surface area contributed by atoms with E-state index < -0.39 is 31.4 Å². The van der Waals surface area contributed by atoms with Gasteiger partial charge in [0.1, 0.15) is 17.2 Å². The van der Waals surface area contributed by atoms with Crippen LogP contribution in [0.15, 0.2) is 77.8 Å². The fourth-order valence-corrected chi connectivity index (χ4v) is 5.77. The van der Waals surface area contributed by atoms with Crippen molar-refractivity contribution in [2.45, 2.75) is 36.7 Å². The Labute approximate surface area is 230 Å². The zero-order chi connectivity index (χ0) is 28.3. The standard InChI is InChI=1S/C28H28N4O7S/c33-20-7-5-18(6-8-20)17-30-25-12-10-22(16-26(25)32(35)36)40(37,38)31-28(34)23-3-1-2-4-27(23)39-21-9-11-24-19(15-21)13-14-29-24/h1-4,9-16,18,20,29-30,33H,5-8,17H2,(H,31,34). The first-order valence-electron chi connectivity index (χ1n) is 12.8. The zero-order valence-corrected chi connectivity index (χ0v) is 22.2. The molecule has 1 aliphatic carbocycles. The summed E-state index contributed by atoms with van der Waals surface area (Å²) in [5.41, 5.74) is 0.647. The predicted molar refractivity (Wildman–Crippen MR) is 149 cm³/mol. The number of ether oxygens (including phenoxy) is 1. The van der Waals surface area contributed by atoms with Crippen LogP contribution in [0, 0.1) is 16.0 Å². The summed E-state index contributed by atoms with van der Waals surface area (Å²) >= 11 is 0. The van der Waals surface area contributed by atoms with Crippen LogP contribution in [0.25, 0.3) is 10.9 Å². The third-order valence-corrected chi connectivity index (χ3v) is 8.31. The van der Waals surface area contributed by atoms with Crippen LogP contribution in [-0.2, 0) is 10.0 Å². The van der Waals surface area contributed by atoms with E-state index in [0.717, 1.165) is 29.8 Å². The molecule has 4 aromatic rings. The van der Waals surface area contributed by atoms with E-state index in [9.17, 15) is 28.4 Å². The van der Waals surface area contributed by atoms with Gasteiger partial charge in [-0.3, -0.25) is 14.9 Å². The number of hydrogen-bond donors (Lipinski definition) is 4. The Hall–Kier alpha value is -4.42. The Kier molecular flexibility index (Phi) is 7.71. The molecule has 1 aliphatic rings. The van der Waals surface area contributed by atoms with Gasteiger partial charge in [0.15, 0.2) is 0 Å². The van der Waals surface area contributed by atoms with Crippen molar-refractivity contribution in [1.29, 1.82) is 0 Å². The number of hydrogen-bond acceptors (Lipinski definition) is 8. The lowest BCUT2D eigenvalue weighted by Gasteiger charge is -2.25. The van der Waals surface area contributed by atoms with Crippen molar-refractivity contribution in [3.05, 3.63) is 88.6 Å². The van der Waals surface area contributed by atoms with Gasteiger partial charge in [0.25, 0.3) is 21.6 Å². The number of aromatic nitrogens is 1. The highest BCUT2D eigenvalue weighted by Gasteiger charge is 2.26. The highest BCUT2D eigenvalue weighted by molar-refractivity contribution is 7.90. The summed E-state index contributed by atoms with van der Waals surface area (Å²) in [6.45, 7) is 0.462. The molecule has 1 aromatic heterocycles. The molecule has 1 fully saturated rings. The molecule has 0 bridgehead atoms. The Bertz CT molecular complexity index is 1660. The molecule has 0 radical (unpaired) electrons. The summed E-state index contributed by atoms with van der Waals surface area (Å²) in [5, 5.41) is 25.4. The van der Waals surface area contributed by atoms with Gasteiger partial charge in [0, 0.05) is 29.7 Å². The van der Waals surface area contributed by atoms with Gasteiger partial charge in [-0.15, -0.1) is 0 Å². The van der Waals surface area contributed by atoms with Crippen molar-refractivity contribution in [3.63, 3.8) is 0 Å². The number of sulfonamides is 1. The molecule has 0 spiro atoms. The molecule has 1 amide bonds. The Balaban J connectivity index is 1.32. The van der Waals surface area contributed by atoms with Crippen LogP contribution in [0.1, 0.15) is 36.0 Å². The SMILES string of the molecule is O=C(NS(=O)(=O)c1ccc(NCC2CCC(O)CC2)c([N+](=O)[O-])c1)c1ccccc1Oc1ccc2[nH]ccc2c1. The van der Waals surface area contributed by atoms with Gasteiger partial charge in [-0.1, -0.05) is 12.1 Å². The fourth-order valence-electron chi connectivity index (χ4n) is 4.78. The normalized spacial score (nSPS) is 17.3. The molecule has 0 atom stereocenters. The highest BCUT2D eigenvalue weighted by Crippen LogP contribution is 2.31. The number of anilines is 1. The third kappa shape index (κ3) is 6.08. The van der Waals surface area contributed by atoms with E-state index in [1.54, 1.807) is 36.5 Å². The van der Waals surface area contributed by atoms with Gasteiger partial charge in [-0.2, -0.15) is 0 Å². The summed E-state index contributed by atoms with van der Waals surface area (Å²) in [6.07, 6.45) is 4.44. The number of benzene rings is 3. The lowest BCUT2D eigenvalue weighted by molar-refractivity contribution is -0.384. The summed E-state index contributed by atoms with van der Waals surface area (Å²) < 4.78 is 34.1. The van der Waals surface area contributed by atoms with E-state index in [-0.39, 0.29) is 29.0 Å². The first kappa shape index (κ1) is 27.2. The molecule has 1 heterocycles. The number of aromatic amines is 1. The average molecular weight is 565 g/mol. The van der Waals surface area contributed by atoms with Gasteiger partial charge in [-0.05, 0) is 80.1 Å². The minimum absolute atomic E-state index is 0.0226. The van der Waals surface area contributed by atoms with Crippen molar-refractivity contribution in [2.75, 3.05) is 11.9 Å². The number of nitrogens with one attached hydrogen (secondary N) is 3. The zero-order valence-electron chi connectivity index (χ0n) is 21.4. The number of carbonyl (C=O) groups excluding carboxylic acids is 1. The van der Waals surface area contributed by atoms with Crippen LogP contribution < -0.4 is 14.8 Å². The van der Waals surface area contributed by atoms with Crippen molar-refractivity contribution in [3.8, 4) is 11.5 Å². The molecule has 4 N–H and O–H groups in total. The molecule has 208 valence electrons. The van der Waals surface area contributed by atoms with Crippen molar-refractivity contribution >= 4 is 38.2 Å². The van der Waals surface area contributed by atoms with Gasteiger partial charge in [-0.25, -0.2) is 13.1 Å². The van der Waals surface area contributed by atoms with Crippen LogP contribution in [-0.4, -0.2) is 42.0 Å². The smallest absolute Gasteiger partial charge is 0.293 e. The second-order valence-electron chi connectivity index (χ2n) is 9.75. The van der Waals surface area contributed by atoms with Crippen LogP contribution in [0.2, 0.25) is 0 Å². The number of H-pyrrole nitrogens is 1. The maximum atomic E-state index is 13.1. The van der Waals surface area contributed by atoms with Crippen LogP contribution in [0.3, 0.4) is 0 Å².